The van der Waals surface area contributed by atoms with E-state index in [1.54, 1.807) is 24.1 Å². The van der Waals surface area contributed by atoms with Crippen LogP contribution in [0.25, 0.3) is 0 Å². The lowest BCUT2D eigenvalue weighted by molar-refractivity contribution is 0.0992. The summed E-state index contributed by atoms with van der Waals surface area (Å²) in [6.07, 6.45) is 0.857. The molecule has 0 spiro atoms. The molecule has 25 heavy (non-hydrogen) atoms. The fraction of sp³-hybridized carbons (Fsp3) is 0.350. The van der Waals surface area contributed by atoms with Gasteiger partial charge in [0.15, 0.2) is 11.5 Å². The second kappa shape index (κ2) is 8.26. The van der Waals surface area contributed by atoms with E-state index < -0.39 is 0 Å². The molecule has 0 bridgehead atoms. The zero-order valence-electron chi connectivity index (χ0n) is 15.4. The van der Waals surface area contributed by atoms with Crippen molar-refractivity contribution in [2.45, 2.75) is 27.2 Å². The van der Waals surface area contributed by atoms with E-state index in [0.29, 0.717) is 28.7 Å². The summed E-state index contributed by atoms with van der Waals surface area (Å²) in [5.74, 6) is 0.768. The highest BCUT2D eigenvalue weighted by Gasteiger charge is 2.20. The second-order valence-electron chi connectivity index (χ2n) is 5.99. The minimum atomic E-state index is -0.158. The number of hydrogen-bond donors (Lipinski definition) is 0. The number of benzene rings is 2. The van der Waals surface area contributed by atoms with Crippen molar-refractivity contribution < 1.29 is 14.3 Å². The van der Waals surface area contributed by atoms with Gasteiger partial charge in [-0.1, -0.05) is 36.2 Å². The first-order chi connectivity index (χ1) is 11.9. The molecule has 0 atom stereocenters. The van der Waals surface area contributed by atoms with Crippen LogP contribution >= 0.6 is 11.6 Å². The molecule has 134 valence electrons. The highest BCUT2D eigenvalue weighted by molar-refractivity contribution is 6.32. The number of carbonyl (C=O) groups is 1. The summed E-state index contributed by atoms with van der Waals surface area (Å²) in [5.41, 5.74) is 3.51. The van der Waals surface area contributed by atoms with Crippen LogP contribution in [-0.2, 0) is 0 Å². The highest BCUT2D eigenvalue weighted by Crippen LogP contribution is 2.37. The summed E-state index contributed by atoms with van der Waals surface area (Å²) in [7, 11) is 3.29. The SMILES string of the molecule is CCCOc1c(Cl)cc(C(=O)N(C)c2ccc(C)cc2C)cc1OC. The van der Waals surface area contributed by atoms with Crippen LogP contribution in [0.3, 0.4) is 0 Å². The largest absolute Gasteiger partial charge is 0.493 e. The zero-order valence-corrected chi connectivity index (χ0v) is 16.1. The predicted molar refractivity (Wildman–Crippen MR) is 102 cm³/mol. The Hall–Kier alpha value is -2.20. The smallest absolute Gasteiger partial charge is 0.258 e. The van der Waals surface area contributed by atoms with Gasteiger partial charge in [-0.25, -0.2) is 0 Å². The van der Waals surface area contributed by atoms with Crippen molar-refractivity contribution in [3.05, 3.63) is 52.0 Å². The van der Waals surface area contributed by atoms with Crippen LogP contribution in [0.15, 0.2) is 30.3 Å². The van der Waals surface area contributed by atoms with Gasteiger partial charge in [0.1, 0.15) is 0 Å². The van der Waals surface area contributed by atoms with Crippen molar-refractivity contribution in [3.8, 4) is 11.5 Å². The van der Waals surface area contributed by atoms with E-state index in [1.807, 2.05) is 39.0 Å². The highest BCUT2D eigenvalue weighted by atomic mass is 35.5. The molecule has 2 aromatic rings. The van der Waals surface area contributed by atoms with Gasteiger partial charge in [-0.3, -0.25) is 4.79 Å². The fourth-order valence-corrected chi connectivity index (χ4v) is 2.94. The monoisotopic (exact) mass is 361 g/mol. The minimum absolute atomic E-state index is 0.158. The average molecular weight is 362 g/mol. The van der Waals surface area contributed by atoms with Gasteiger partial charge in [-0.2, -0.15) is 0 Å². The molecular weight excluding hydrogens is 338 g/mol. The molecule has 0 aliphatic carbocycles. The number of rotatable bonds is 6. The van der Waals surface area contributed by atoms with Gasteiger partial charge in [0.25, 0.3) is 5.91 Å². The van der Waals surface area contributed by atoms with Gasteiger partial charge in [0, 0.05) is 18.3 Å². The summed E-state index contributed by atoms with van der Waals surface area (Å²) in [6.45, 7) is 6.56. The van der Waals surface area contributed by atoms with Crippen molar-refractivity contribution in [2.24, 2.45) is 0 Å². The third kappa shape index (κ3) is 4.26. The third-order valence-corrected chi connectivity index (χ3v) is 4.23. The molecule has 5 heteroatoms. The summed E-state index contributed by atoms with van der Waals surface area (Å²) in [5, 5.41) is 0.366. The Kier molecular flexibility index (Phi) is 6.32. The predicted octanol–water partition coefficient (Wildman–Crippen LogP) is 5.03. The van der Waals surface area contributed by atoms with Crippen LogP contribution in [0, 0.1) is 13.8 Å². The molecule has 0 fully saturated rings. The van der Waals surface area contributed by atoms with E-state index in [-0.39, 0.29) is 5.91 Å². The first-order valence-electron chi connectivity index (χ1n) is 8.24. The molecule has 0 aromatic heterocycles. The van der Waals surface area contributed by atoms with Gasteiger partial charge < -0.3 is 14.4 Å². The molecule has 0 unspecified atom stereocenters. The molecule has 0 aliphatic heterocycles. The van der Waals surface area contributed by atoms with Gasteiger partial charge in [-0.05, 0) is 44.0 Å². The Morgan fingerprint density at radius 2 is 1.92 bits per heavy atom. The molecule has 0 radical (unpaired) electrons. The summed E-state index contributed by atoms with van der Waals surface area (Å²) in [4.78, 5) is 14.5. The number of ether oxygens (including phenoxy) is 2. The summed E-state index contributed by atoms with van der Waals surface area (Å²) < 4.78 is 11.0. The standard InChI is InChI=1S/C20H24ClNO3/c1-6-9-25-19-16(21)11-15(12-18(19)24-5)20(23)22(4)17-8-7-13(2)10-14(17)3/h7-8,10-12H,6,9H2,1-5H3. The molecule has 0 N–H and O–H groups in total. The first-order valence-corrected chi connectivity index (χ1v) is 8.62. The van der Waals surface area contributed by atoms with Crippen molar-refractivity contribution in [2.75, 3.05) is 25.7 Å². The van der Waals surface area contributed by atoms with E-state index in [1.165, 1.54) is 7.11 Å². The maximum absolute atomic E-state index is 12.9. The van der Waals surface area contributed by atoms with Crippen molar-refractivity contribution in [1.82, 2.24) is 0 Å². The minimum Gasteiger partial charge on any atom is -0.493 e. The topological polar surface area (TPSA) is 38.8 Å². The quantitative estimate of drug-likeness (QED) is 0.724. The van der Waals surface area contributed by atoms with Crippen LogP contribution < -0.4 is 14.4 Å². The number of aryl methyl sites for hydroxylation is 2. The molecule has 1 amide bonds. The Morgan fingerprint density at radius 1 is 1.20 bits per heavy atom. The normalized spacial score (nSPS) is 10.5. The molecule has 2 rings (SSSR count). The van der Waals surface area contributed by atoms with Gasteiger partial charge in [-0.15, -0.1) is 0 Å². The Morgan fingerprint density at radius 3 is 2.52 bits per heavy atom. The number of hydrogen-bond acceptors (Lipinski definition) is 3. The third-order valence-electron chi connectivity index (χ3n) is 3.95. The molecule has 0 saturated heterocycles. The van der Waals surface area contributed by atoms with Crippen molar-refractivity contribution in [3.63, 3.8) is 0 Å². The van der Waals surface area contributed by atoms with Crippen LogP contribution in [0.1, 0.15) is 34.8 Å². The maximum atomic E-state index is 12.9. The molecule has 0 aliphatic rings. The van der Waals surface area contributed by atoms with Crippen LogP contribution in [0.5, 0.6) is 11.5 Å². The number of nitrogens with zero attached hydrogens (tertiary/aromatic N) is 1. The van der Waals surface area contributed by atoms with E-state index >= 15 is 0 Å². The maximum Gasteiger partial charge on any atom is 0.258 e. The van der Waals surface area contributed by atoms with Crippen LogP contribution in [0.4, 0.5) is 5.69 Å². The molecular formula is C20H24ClNO3. The lowest BCUT2D eigenvalue weighted by Gasteiger charge is -2.21. The molecule has 0 saturated carbocycles. The average Bonchev–Trinajstić information content (AvgIpc) is 2.58. The van der Waals surface area contributed by atoms with Crippen LogP contribution in [0.2, 0.25) is 5.02 Å². The number of amides is 1. The van der Waals surface area contributed by atoms with Gasteiger partial charge in [0.2, 0.25) is 0 Å². The van der Waals surface area contributed by atoms with E-state index in [4.69, 9.17) is 21.1 Å². The number of anilines is 1. The Labute approximate surface area is 154 Å². The second-order valence-corrected chi connectivity index (χ2v) is 6.40. The van der Waals surface area contributed by atoms with Crippen molar-refractivity contribution in [1.29, 1.82) is 0 Å². The van der Waals surface area contributed by atoms with Crippen molar-refractivity contribution >= 4 is 23.2 Å². The number of carbonyl (C=O) groups excluding carboxylic acids is 1. The van der Waals surface area contributed by atoms with Gasteiger partial charge in [0.05, 0.1) is 18.7 Å². The number of methoxy groups -OCH3 is 1. The lowest BCUT2D eigenvalue weighted by atomic mass is 10.1. The molecule has 2 aromatic carbocycles. The first kappa shape index (κ1) is 19.1. The molecule has 0 heterocycles. The zero-order chi connectivity index (χ0) is 18.6. The van der Waals surface area contributed by atoms with E-state index in [0.717, 1.165) is 23.2 Å². The number of halogens is 1. The van der Waals surface area contributed by atoms with Gasteiger partial charge >= 0.3 is 0 Å². The van der Waals surface area contributed by atoms with E-state index in [2.05, 4.69) is 0 Å². The summed E-state index contributed by atoms with van der Waals surface area (Å²) in [6, 6.07) is 9.27. The lowest BCUT2D eigenvalue weighted by Crippen LogP contribution is -2.27. The van der Waals surface area contributed by atoms with Crippen LogP contribution in [-0.4, -0.2) is 26.7 Å². The summed E-state index contributed by atoms with van der Waals surface area (Å²) >= 11 is 6.32. The Bertz CT molecular complexity index is 774. The fourth-order valence-electron chi connectivity index (χ4n) is 2.67. The molecule has 4 nitrogen and oxygen atoms in total. The Balaban J connectivity index is 2.36. The van der Waals surface area contributed by atoms with E-state index in [9.17, 15) is 4.79 Å².